The molecule has 82 valence electrons. The van der Waals surface area contributed by atoms with Gasteiger partial charge in [0.25, 0.3) is 0 Å². The Bertz CT molecular complexity index is 358. The van der Waals surface area contributed by atoms with Crippen LogP contribution in [-0.2, 0) is 6.42 Å². The summed E-state index contributed by atoms with van der Waals surface area (Å²) in [6.45, 7) is 6.03. The number of rotatable bonds is 4. The Morgan fingerprint density at radius 1 is 1.40 bits per heavy atom. The smallest absolute Gasteiger partial charge is 0.165 e. The van der Waals surface area contributed by atoms with Crippen LogP contribution < -0.4 is 0 Å². The van der Waals surface area contributed by atoms with Crippen LogP contribution in [0.5, 0.6) is 0 Å². The van der Waals surface area contributed by atoms with Crippen LogP contribution in [0.15, 0.2) is 18.2 Å². The summed E-state index contributed by atoms with van der Waals surface area (Å²) < 4.78 is 0. The average Bonchev–Trinajstić information content (AvgIpc) is 2.27. The van der Waals surface area contributed by atoms with Gasteiger partial charge in [0.05, 0.1) is 0 Å². The van der Waals surface area contributed by atoms with Gasteiger partial charge in [-0.2, -0.15) is 0 Å². The Morgan fingerprint density at radius 3 is 2.60 bits per heavy atom. The zero-order valence-corrected chi connectivity index (χ0v) is 10.3. The van der Waals surface area contributed by atoms with Crippen LogP contribution in [0.4, 0.5) is 0 Å². The number of halogens is 1. The summed E-state index contributed by atoms with van der Waals surface area (Å²) in [5, 5.41) is 0.748. The Labute approximate surface area is 96.5 Å². The number of carbonyl (C=O) groups is 1. The number of Topliss-reactive ketones (excluding diaryl/α,β-unsaturated/α-hetero) is 1. The lowest BCUT2D eigenvalue weighted by molar-refractivity contribution is 0.0927. The van der Waals surface area contributed by atoms with Crippen molar-refractivity contribution in [3.05, 3.63) is 34.3 Å². The van der Waals surface area contributed by atoms with Crippen LogP contribution in [-0.4, -0.2) is 5.78 Å². The van der Waals surface area contributed by atoms with Gasteiger partial charge in [0.15, 0.2) is 5.78 Å². The molecule has 1 unspecified atom stereocenters. The van der Waals surface area contributed by atoms with Crippen molar-refractivity contribution in [2.24, 2.45) is 5.92 Å². The molecule has 0 aliphatic heterocycles. The maximum Gasteiger partial charge on any atom is 0.165 e. The van der Waals surface area contributed by atoms with E-state index in [0.29, 0.717) is 0 Å². The standard InChI is InChI=1S/C13H17ClO/c1-4-9(3)13(15)11-6-7-12(14)10(5-2)8-11/h6-9H,4-5H2,1-3H3. The van der Waals surface area contributed by atoms with Crippen molar-refractivity contribution >= 4 is 17.4 Å². The van der Waals surface area contributed by atoms with Gasteiger partial charge < -0.3 is 0 Å². The maximum atomic E-state index is 11.9. The largest absolute Gasteiger partial charge is 0.294 e. The molecule has 1 nitrogen and oxygen atoms in total. The first-order valence-electron chi connectivity index (χ1n) is 5.42. The number of hydrogen-bond acceptors (Lipinski definition) is 1. The van der Waals surface area contributed by atoms with Gasteiger partial charge in [-0.05, 0) is 36.6 Å². The van der Waals surface area contributed by atoms with E-state index in [1.165, 1.54) is 0 Å². The molecule has 2 heteroatoms. The molecular weight excluding hydrogens is 208 g/mol. The molecule has 1 aromatic rings. The molecule has 0 aliphatic carbocycles. The fraction of sp³-hybridized carbons (Fsp3) is 0.462. The lowest BCUT2D eigenvalue weighted by atomic mass is 9.95. The quantitative estimate of drug-likeness (QED) is 0.703. The summed E-state index contributed by atoms with van der Waals surface area (Å²) in [4.78, 5) is 11.9. The van der Waals surface area contributed by atoms with E-state index >= 15 is 0 Å². The Balaban J connectivity index is 3.01. The van der Waals surface area contributed by atoms with Crippen molar-refractivity contribution in [2.75, 3.05) is 0 Å². The minimum Gasteiger partial charge on any atom is -0.294 e. The SMILES string of the molecule is CCc1cc(C(=O)C(C)CC)ccc1Cl. The number of aryl methyl sites for hydroxylation is 1. The van der Waals surface area contributed by atoms with E-state index in [0.717, 1.165) is 29.0 Å². The van der Waals surface area contributed by atoms with Crippen LogP contribution in [0.2, 0.25) is 5.02 Å². The van der Waals surface area contributed by atoms with Gasteiger partial charge in [0.1, 0.15) is 0 Å². The minimum absolute atomic E-state index is 0.0934. The Hall–Kier alpha value is -0.820. The van der Waals surface area contributed by atoms with Gasteiger partial charge in [0, 0.05) is 16.5 Å². The van der Waals surface area contributed by atoms with E-state index in [2.05, 4.69) is 0 Å². The number of ketones is 1. The van der Waals surface area contributed by atoms with Crippen molar-refractivity contribution in [3.63, 3.8) is 0 Å². The topological polar surface area (TPSA) is 17.1 Å². The van der Waals surface area contributed by atoms with Gasteiger partial charge in [-0.25, -0.2) is 0 Å². The van der Waals surface area contributed by atoms with Crippen LogP contribution in [0.1, 0.15) is 43.1 Å². The first-order chi connectivity index (χ1) is 7.10. The van der Waals surface area contributed by atoms with E-state index in [-0.39, 0.29) is 11.7 Å². The molecule has 1 atom stereocenters. The predicted octanol–water partition coefficient (Wildman–Crippen LogP) is 4.13. The molecule has 0 fully saturated rings. The molecule has 0 N–H and O–H groups in total. The highest BCUT2D eigenvalue weighted by atomic mass is 35.5. The first-order valence-corrected chi connectivity index (χ1v) is 5.80. The summed E-state index contributed by atoms with van der Waals surface area (Å²) in [6.07, 6.45) is 1.74. The number of carbonyl (C=O) groups excluding carboxylic acids is 1. The van der Waals surface area contributed by atoms with E-state index in [4.69, 9.17) is 11.6 Å². The lowest BCUT2D eigenvalue weighted by Crippen LogP contribution is -2.10. The minimum atomic E-state index is 0.0934. The summed E-state index contributed by atoms with van der Waals surface area (Å²) in [6, 6.07) is 5.54. The van der Waals surface area contributed by atoms with Crippen molar-refractivity contribution < 1.29 is 4.79 Å². The van der Waals surface area contributed by atoms with Crippen molar-refractivity contribution in [3.8, 4) is 0 Å². The van der Waals surface area contributed by atoms with Crippen molar-refractivity contribution in [1.29, 1.82) is 0 Å². The molecule has 15 heavy (non-hydrogen) atoms. The van der Waals surface area contributed by atoms with Gasteiger partial charge in [-0.15, -0.1) is 0 Å². The van der Waals surface area contributed by atoms with Gasteiger partial charge in [-0.3, -0.25) is 4.79 Å². The fourth-order valence-electron chi connectivity index (χ4n) is 1.47. The second-order valence-electron chi connectivity index (χ2n) is 3.83. The highest BCUT2D eigenvalue weighted by molar-refractivity contribution is 6.31. The molecule has 0 radical (unpaired) electrons. The summed E-state index contributed by atoms with van der Waals surface area (Å²) >= 11 is 6.00. The predicted molar refractivity (Wildman–Crippen MR) is 64.6 cm³/mol. The van der Waals surface area contributed by atoms with E-state index in [9.17, 15) is 4.79 Å². The highest BCUT2D eigenvalue weighted by Crippen LogP contribution is 2.20. The van der Waals surface area contributed by atoms with E-state index in [1.807, 2.05) is 39.0 Å². The first kappa shape index (κ1) is 12.3. The van der Waals surface area contributed by atoms with E-state index in [1.54, 1.807) is 0 Å². The number of hydrogen-bond donors (Lipinski definition) is 0. The van der Waals surface area contributed by atoms with Gasteiger partial charge in [0.2, 0.25) is 0 Å². The summed E-state index contributed by atoms with van der Waals surface area (Å²) in [5.74, 6) is 0.305. The fourth-order valence-corrected chi connectivity index (χ4v) is 1.72. The van der Waals surface area contributed by atoms with E-state index < -0.39 is 0 Å². The molecule has 0 heterocycles. The second-order valence-corrected chi connectivity index (χ2v) is 4.24. The molecule has 0 aromatic heterocycles. The molecule has 1 aromatic carbocycles. The summed E-state index contributed by atoms with van der Waals surface area (Å²) in [7, 11) is 0. The number of benzene rings is 1. The third-order valence-electron chi connectivity index (χ3n) is 2.77. The molecule has 0 amide bonds. The maximum absolute atomic E-state index is 11.9. The van der Waals surface area contributed by atoms with Gasteiger partial charge in [-0.1, -0.05) is 32.4 Å². The molecular formula is C13H17ClO. The third kappa shape index (κ3) is 2.82. The monoisotopic (exact) mass is 224 g/mol. The van der Waals surface area contributed by atoms with Crippen LogP contribution in [0, 0.1) is 5.92 Å². The molecule has 0 saturated heterocycles. The molecule has 0 aliphatic rings. The molecule has 0 bridgehead atoms. The normalized spacial score (nSPS) is 12.5. The third-order valence-corrected chi connectivity index (χ3v) is 3.14. The molecule has 0 saturated carbocycles. The van der Waals surface area contributed by atoms with Gasteiger partial charge >= 0.3 is 0 Å². The average molecular weight is 225 g/mol. The second kappa shape index (κ2) is 5.32. The highest BCUT2D eigenvalue weighted by Gasteiger charge is 2.14. The Kier molecular flexibility index (Phi) is 4.34. The Morgan fingerprint density at radius 2 is 2.07 bits per heavy atom. The van der Waals surface area contributed by atoms with Crippen LogP contribution in [0.3, 0.4) is 0 Å². The zero-order chi connectivity index (χ0) is 11.4. The van der Waals surface area contributed by atoms with Crippen LogP contribution >= 0.6 is 11.6 Å². The molecule has 1 rings (SSSR count). The lowest BCUT2D eigenvalue weighted by Gasteiger charge is -2.09. The zero-order valence-electron chi connectivity index (χ0n) is 9.51. The van der Waals surface area contributed by atoms with Crippen LogP contribution in [0.25, 0.3) is 0 Å². The van der Waals surface area contributed by atoms with Crippen molar-refractivity contribution in [1.82, 2.24) is 0 Å². The van der Waals surface area contributed by atoms with Crippen molar-refractivity contribution in [2.45, 2.75) is 33.6 Å². The molecule has 0 spiro atoms. The summed E-state index contributed by atoms with van der Waals surface area (Å²) in [5.41, 5.74) is 1.83.